The molecule has 3 nitrogen and oxygen atoms in total. The molecule has 8 aromatic carbocycles. The molecule has 59 heavy (non-hydrogen) atoms. The van der Waals surface area contributed by atoms with E-state index < -0.39 is 0 Å². The normalized spacial score (nSPS) is 12.7. The van der Waals surface area contributed by atoms with E-state index in [0.29, 0.717) is 5.82 Å². The van der Waals surface area contributed by atoms with Crippen LogP contribution in [-0.4, -0.2) is 15.0 Å². The second-order valence-corrected chi connectivity index (χ2v) is 16.0. The van der Waals surface area contributed by atoms with E-state index in [0.717, 1.165) is 44.6 Å². The highest BCUT2D eigenvalue weighted by Crippen LogP contribution is 2.54. The smallest absolute Gasteiger partial charge is 0.160 e. The molecule has 2 aromatic heterocycles. The van der Waals surface area contributed by atoms with Crippen molar-refractivity contribution in [2.75, 3.05) is 0 Å². The summed E-state index contributed by atoms with van der Waals surface area (Å²) in [5.41, 5.74) is 17.2. The molecule has 0 spiro atoms. The molecule has 0 fully saturated rings. The van der Waals surface area contributed by atoms with Gasteiger partial charge < -0.3 is 0 Å². The third-order valence-corrected chi connectivity index (χ3v) is 12.1. The second kappa shape index (κ2) is 13.9. The van der Waals surface area contributed by atoms with Gasteiger partial charge in [-0.05, 0) is 95.9 Å². The van der Waals surface area contributed by atoms with E-state index in [9.17, 15) is 0 Å². The van der Waals surface area contributed by atoms with Gasteiger partial charge in [-0.3, -0.25) is 4.98 Å². The Labute approximate surface area is 344 Å². The molecule has 2 heterocycles. The van der Waals surface area contributed by atoms with Crippen LogP contribution in [0.25, 0.3) is 100.0 Å². The predicted molar refractivity (Wildman–Crippen MR) is 245 cm³/mol. The van der Waals surface area contributed by atoms with Crippen LogP contribution in [0.2, 0.25) is 0 Å². The van der Waals surface area contributed by atoms with Gasteiger partial charge in [0.25, 0.3) is 0 Å². The minimum Gasteiger partial charge on any atom is -0.264 e. The molecule has 0 atom stereocenters. The number of fused-ring (bicyclic) bond motifs is 6. The summed E-state index contributed by atoms with van der Waals surface area (Å²) in [6, 6.07) is 67.5. The van der Waals surface area contributed by atoms with Gasteiger partial charge in [-0.2, -0.15) is 0 Å². The molecule has 10 aromatic rings. The Hall–Kier alpha value is -7.49. The first-order chi connectivity index (χ1) is 29.0. The Morgan fingerprint density at radius 3 is 1.75 bits per heavy atom. The number of nitrogens with zero attached hydrogens (tertiary/aromatic N) is 3. The minimum absolute atomic E-state index is 0.165. The van der Waals surface area contributed by atoms with Gasteiger partial charge in [0.2, 0.25) is 0 Å². The van der Waals surface area contributed by atoms with Gasteiger partial charge in [0.15, 0.2) is 5.82 Å². The lowest BCUT2D eigenvalue weighted by Crippen LogP contribution is -2.16. The molecular formula is C56H39N3. The summed E-state index contributed by atoms with van der Waals surface area (Å²) in [5, 5.41) is 4.95. The number of aromatic nitrogens is 3. The second-order valence-electron chi connectivity index (χ2n) is 16.0. The van der Waals surface area contributed by atoms with Gasteiger partial charge >= 0.3 is 0 Å². The molecule has 0 aliphatic heterocycles. The van der Waals surface area contributed by atoms with Gasteiger partial charge in [-0.15, -0.1) is 0 Å². The molecule has 278 valence electrons. The van der Waals surface area contributed by atoms with E-state index >= 15 is 0 Å². The van der Waals surface area contributed by atoms with Crippen molar-refractivity contribution in [1.29, 1.82) is 0 Å². The molecule has 0 saturated carbocycles. The largest absolute Gasteiger partial charge is 0.264 e. The zero-order chi connectivity index (χ0) is 39.5. The summed E-state index contributed by atoms with van der Waals surface area (Å²) >= 11 is 0. The first-order valence-electron chi connectivity index (χ1n) is 20.3. The zero-order valence-corrected chi connectivity index (χ0v) is 32.9. The Balaban J connectivity index is 1.03. The highest BCUT2D eigenvalue weighted by atomic mass is 14.9. The number of rotatable bonds is 6. The fraction of sp³-hybridized carbons (Fsp3) is 0.0536. The average molecular weight is 754 g/mol. The van der Waals surface area contributed by atoms with Crippen LogP contribution in [0.5, 0.6) is 0 Å². The molecule has 0 radical (unpaired) electrons. The van der Waals surface area contributed by atoms with Crippen LogP contribution in [-0.2, 0) is 5.41 Å². The van der Waals surface area contributed by atoms with Gasteiger partial charge in [-0.25, -0.2) is 9.97 Å². The summed E-state index contributed by atoms with van der Waals surface area (Å²) in [4.78, 5) is 14.8. The maximum absolute atomic E-state index is 5.25. The van der Waals surface area contributed by atoms with Crippen molar-refractivity contribution < 1.29 is 0 Å². The number of hydrogen-bond acceptors (Lipinski definition) is 3. The van der Waals surface area contributed by atoms with E-state index in [1.807, 2.05) is 30.5 Å². The molecule has 1 aliphatic rings. The lowest BCUT2D eigenvalue weighted by atomic mass is 9.77. The summed E-state index contributed by atoms with van der Waals surface area (Å²) < 4.78 is 0. The van der Waals surface area contributed by atoms with Gasteiger partial charge in [-0.1, -0.05) is 178 Å². The fourth-order valence-electron chi connectivity index (χ4n) is 9.45. The van der Waals surface area contributed by atoms with Crippen molar-refractivity contribution in [2.24, 2.45) is 0 Å². The van der Waals surface area contributed by atoms with Crippen molar-refractivity contribution in [3.05, 3.63) is 212 Å². The molecule has 0 unspecified atom stereocenters. The van der Waals surface area contributed by atoms with Gasteiger partial charge in [0, 0.05) is 40.1 Å². The molecule has 0 N–H and O–H groups in total. The molecule has 0 saturated heterocycles. The van der Waals surface area contributed by atoms with Crippen molar-refractivity contribution in [1.82, 2.24) is 15.0 Å². The van der Waals surface area contributed by atoms with Crippen LogP contribution in [0.15, 0.2) is 200 Å². The summed E-state index contributed by atoms with van der Waals surface area (Å²) in [6.45, 7) is 4.78. The number of pyridine rings is 1. The Bertz CT molecular complexity index is 3240. The first-order valence-corrected chi connectivity index (χ1v) is 20.3. The highest BCUT2D eigenvalue weighted by molar-refractivity contribution is 6.05. The quantitative estimate of drug-likeness (QED) is 0.170. The first kappa shape index (κ1) is 34.7. The van der Waals surface area contributed by atoms with Crippen molar-refractivity contribution in [3.63, 3.8) is 0 Å². The minimum atomic E-state index is -0.165. The van der Waals surface area contributed by atoms with Gasteiger partial charge in [0.1, 0.15) is 0 Å². The Morgan fingerprint density at radius 2 is 0.932 bits per heavy atom. The third-order valence-electron chi connectivity index (χ3n) is 12.1. The molecular weight excluding hydrogens is 715 g/mol. The summed E-state index contributed by atoms with van der Waals surface area (Å²) in [6.07, 6.45) is 3.70. The molecule has 0 bridgehead atoms. The van der Waals surface area contributed by atoms with Crippen molar-refractivity contribution in [2.45, 2.75) is 19.3 Å². The lowest BCUT2D eigenvalue weighted by Gasteiger charge is -2.26. The van der Waals surface area contributed by atoms with Crippen LogP contribution >= 0.6 is 0 Å². The highest BCUT2D eigenvalue weighted by Gasteiger charge is 2.38. The van der Waals surface area contributed by atoms with Crippen LogP contribution in [0.4, 0.5) is 0 Å². The molecule has 11 rings (SSSR count). The van der Waals surface area contributed by atoms with Crippen LogP contribution in [0.1, 0.15) is 25.0 Å². The fourth-order valence-corrected chi connectivity index (χ4v) is 9.45. The monoisotopic (exact) mass is 753 g/mol. The predicted octanol–water partition coefficient (Wildman–Crippen LogP) is 14.5. The van der Waals surface area contributed by atoms with E-state index in [1.165, 1.54) is 60.7 Å². The zero-order valence-electron chi connectivity index (χ0n) is 32.9. The van der Waals surface area contributed by atoms with E-state index in [4.69, 9.17) is 9.97 Å². The van der Waals surface area contributed by atoms with E-state index in [-0.39, 0.29) is 5.41 Å². The standard InChI is InChI=1S/C56H39N3/c1-56(2)53-44-22-7-6-14-36(44)27-28-50(53)49-26-12-25-45(54(49)56)40-19-11-18-39(33-40)43-29-30-48(47-24-9-8-23-46(43)47)52-34-51(58-55(59-52)37-15-4-3-5-16-37)41-20-10-17-38(32-41)42-21-13-31-57-35-42/h3-35H,1-2H3. The SMILES string of the molecule is CC1(C)c2c(-c3cccc(-c4ccc(-c5cc(-c6cccc(-c7cccnc7)c6)nc(-c6ccccc6)n5)c5ccccc45)c3)cccc2-c2ccc3ccccc3c21. The maximum Gasteiger partial charge on any atom is 0.160 e. The van der Waals surface area contributed by atoms with Crippen LogP contribution in [0, 0.1) is 0 Å². The topological polar surface area (TPSA) is 38.7 Å². The van der Waals surface area contributed by atoms with E-state index in [1.54, 1.807) is 6.20 Å². The Morgan fingerprint density at radius 1 is 0.356 bits per heavy atom. The third kappa shape index (κ3) is 5.85. The average Bonchev–Trinajstić information content (AvgIpc) is 3.55. The number of hydrogen-bond donors (Lipinski definition) is 0. The lowest BCUT2D eigenvalue weighted by molar-refractivity contribution is 0.668. The van der Waals surface area contributed by atoms with Crippen molar-refractivity contribution >= 4 is 21.5 Å². The van der Waals surface area contributed by atoms with Crippen LogP contribution in [0.3, 0.4) is 0 Å². The number of benzene rings is 8. The summed E-state index contributed by atoms with van der Waals surface area (Å²) in [7, 11) is 0. The van der Waals surface area contributed by atoms with Gasteiger partial charge in [0.05, 0.1) is 11.4 Å². The molecule has 3 heteroatoms. The Kier molecular flexibility index (Phi) is 8.16. The van der Waals surface area contributed by atoms with Crippen LogP contribution < -0.4 is 0 Å². The molecule has 1 aliphatic carbocycles. The summed E-state index contributed by atoms with van der Waals surface area (Å²) in [5.74, 6) is 0.694. The maximum atomic E-state index is 5.25. The molecule has 0 amide bonds. The van der Waals surface area contributed by atoms with Crippen molar-refractivity contribution in [3.8, 4) is 78.4 Å². The van der Waals surface area contributed by atoms with E-state index in [2.05, 4.69) is 183 Å².